The second-order valence-electron chi connectivity index (χ2n) is 8.28. The van der Waals surface area contributed by atoms with Gasteiger partial charge in [-0.05, 0) is 52.3 Å². The quantitative estimate of drug-likeness (QED) is 0.621. The number of hydrogen-bond acceptors (Lipinski definition) is 3. The van der Waals surface area contributed by atoms with Gasteiger partial charge in [0, 0.05) is 37.1 Å². The average molecular weight is 421 g/mol. The summed E-state index contributed by atoms with van der Waals surface area (Å²) in [6.45, 7) is 10.3. The number of hydrogen-bond donors (Lipinski definition) is 0. The van der Waals surface area contributed by atoms with Crippen LogP contribution < -0.4 is 0 Å². The molecule has 0 bridgehead atoms. The maximum Gasteiger partial charge on any atom is 0.416 e. The molecular formula is C20H28ClF3N2O2. The Labute approximate surface area is 169 Å². The van der Waals surface area contributed by atoms with Crippen LogP contribution >= 0.6 is 11.6 Å². The van der Waals surface area contributed by atoms with Crippen LogP contribution in [0.4, 0.5) is 18.0 Å². The van der Waals surface area contributed by atoms with Gasteiger partial charge in [0.05, 0.1) is 5.56 Å². The third kappa shape index (κ3) is 5.54. The van der Waals surface area contributed by atoms with Gasteiger partial charge in [0.25, 0.3) is 0 Å². The molecule has 0 spiro atoms. The lowest BCUT2D eigenvalue weighted by Gasteiger charge is -2.47. The summed E-state index contributed by atoms with van der Waals surface area (Å²) in [6.07, 6.45) is -4.73. The Morgan fingerprint density at radius 3 is 2.25 bits per heavy atom. The van der Waals surface area contributed by atoms with Crippen molar-refractivity contribution < 1.29 is 22.7 Å². The Hall–Kier alpha value is -1.47. The largest absolute Gasteiger partial charge is 0.444 e. The SMILES string of the molecule is CC1CN(C(C)c2ccc(C(F)(F)F)cc2)[C@H](CCl)CN1C(=O)OC(C)(C)C. The van der Waals surface area contributed by atoms with Crippen LogP contribution in [0.2, 0.25) is 0 Å². The summed E-state index contributed by atoms with van der Waals surface area (Å²) in [5.41, 5.74) is -0.473. The van der Waals surface area contributed by atoms with E-state index < -0.39 is 17.3 Å². The molecule has 1 fully saturated rings. The lowest BCUT2D eigenvalue weighted by molar-refractivity contribution is -0.137. The molecule has 1 aromatic rings. The molecule has 1 aromatic carbocycles. The summed E-state index contributed by atoms with van der Waals surface area (Å²) in [5, 5.41) is 0. The van der Waals surface area contributed by atoms with Crippen LogP contribution in [0.3, 0.4) is 0 Å². The van der Waals surface area contributed by atoms with E-state index in [1.165, 1.54) is 12.1 Å². The number of carbonyl (C=O) groups excluding carboxylic acids is 1. The van der Waals surface area contributed by atoms with Crippen LogP contribution in [-0.4, -0.2) is 52.5 Å². The molecule has 158 valence electrons. The fourth-order valence-electron chi connectivity index (χ4n) is 3.39. The maximum absolute atomic E-state index is 12.8. The molecule has 0 N–H and O–H groups in total. The predicted octanol–water partition coefficient (Wildman–Crippen LogP) is 5.32. The lowest BCUT2D eigenvalue weighted by Crippen LogP contribution is -2.60. The summed E-state index contributed by atoms with van der Waals surface area (Å²) >= 11 is 6.17. The Balaban J connectivity index is 2.15. The highest BCUT2D eigenvalue weighted by Crippen LogP contribution is 2.32. The van der Waals surface area contributed by atoms with Crippen molar-refractivity contribution in [3.63, 3.8) is 0 Å². The molecule has 4 nitrogen and oxygen atoms in total. The van der Waals surface area contributed by atoms with E-state index in [4.69, 9.17) is 16.3 Å². The van der Waals surface area contributed by atoms with Crippen molar-refractivity contribution >= 4 is 17.7 Å². The van der Waals surface area contributed by atoms with E-state index >= 15 is 0 Å². The molecule has 1 aliphatic heterocycles. The van der Waals surface area contributed by atoms with E-state index in [0.29, 0.717) is 19.0 Å². The van der Waals surface area contributed by atoms with Crippen molar-refractivity contribution in [3.8, 4) is 0 Å². The van der Waals surface area contributed by atoms with Gasteiger partial charge in [-0.15, -0.1) is 11.6 Å². The fraction of sp³-hybridized carbons (Fsp3) is 0.650. The van der Waals surface area contributed by atoms with Crippen LogP contribution in [0, 0.1) is 0 Å². The van der Waals surface area contributed by atoms with Crippen molar-refractivity contribution in [2.24, 2.45) is 0 Å². The molecule has 2 rings (SSSR count). The fourth-order valence-corrected chi connectivity index (χ4v) is 3.67. The van der Waals surface area contributed by atoms with E-state index in [2.05, 4.69) is 4.90 Å². The van der Waals surface area contributed by atoms with E-state index in [9.17, 15) is 18.0 Å². The lowest BCUT2D eigenvalue weighted by atomic mass is 10.00. The minimum Gasteiger partial charge on any atom is -0.444 e. The standard InChI is InChI=1S/C20H28ClF3N2O2/c1-13-11-26(14(2)15-6-8-16(9-7-15)20(22,23)24)17(10-21)12-25(13)18(27)28-19(3,4)5/h6-9,13-14,17H,10-12H2,1-5H3/t13?,14?,17-/m1/s1. The first kappa shape index (κ1) is 22.8. The summed E-state index contributed by atoms with van der Waals surface area (Å²) in [4.78, 5) is 16.3. The smallest absolute Gasteiger partial charge is 0.416 e. The number of amides is 1. The Morgan fingerprint density at radius 1 is 1.21 bits per heavy atom. The summed E-state index contributed by atoms with van der Waals surface area (Å²) in [6, 6.07) is 4.85. The van der Waals surface area contributed by atoms with Crippen molar-refractivity contribution in [1.82, 2.24) is 9.80 Å². The monoisotopic (exact) mass is 420 g/mol. The van der Waals surface area contributed by atoms with Gasteiger partial charge in [-0.1, -0.05) is 12.1 Å². The second-order valence-corrected chi connectivity index (χ2v) is 8.59. The highest BCUT2D eigenvalue weighted by atomic mass is 35.5. The van der Waals surface area contributed by atoms with Gasteiger partial charge in [0.15, 0.2) is 0 Å². The van der Waals surface area contributed by atoms with Crippen molar-refractivity contribution in [2.75, 3.05) is 19.0 Å². The molecule has 0 saturated carbocycles. The predicted molar refractivity (Wildman–Crippen MR) is 103 cm³/mol. The molecule has 2 unspecified atom stereocenters. The highest BCUT2D eigenvalue weighted by molar-refractivity contribution is 6.18. The summed E-state index contributed by atoms with van der Waals surface area (Å²) in [5.74, 6) is 0.303. The highest BCUT2D eigenvalue weighted by Gasteiger charge is 2.38. The van der Waals surface area contributed by atoms with E-state index in [1.807, 2.05) is 34.6 Å². The van der Waals surface area contributed by atoms with Crippen molar-refractivity contribution in [2.45, 2.75) is 64.5 Å². The zero-order valence-corrected chi connectivity index (χ0v) is 17.6. The zero-order chi connectivity index (χ0) is 21.3. The number of benzene rings is 1. The summed E-state index contributed by atoms with van der Waals surface area (Å²) < 4.78 is 43.9. The third-order valence-electron chi connectivity index (χ3n) is 4.91. The van der Waals surface area contributed by atoms with E-state index in [-0.39, 0.29) is 24.2 Å². The molecule has 0 radical (unpaired) electrons. The average Bonchev–Trinajstić information content (AvgIpc) is 2.58. The van der Waals surface area contributed by atoms with Crippen molar-refractivity contribution in [1.29, 1.82) is 0 Å². The van der Waals surface area contributed by atoms with Gasteiger partial charge >= 0.3 is 12.3 Å². The number of rotatable bonds is 3. The molecule has 28 heavy (non-hydrogen) atoms. The van der Waals surface area contributed by atoms with Crippen LogP contribution in [0.15, 0.2) is 24.3 Å². The molecule has 8 heteroatoms. The number of alkyl halides is 4. The van der Waals surface area contributed by atoms with Gasteiger partial charge in [0.2, 0.25) is 0 Å². The van der Waals surface area contributed by atoms with Gasteiger partial charge < -0.3 is 9.64 Å². The first-order valence-corrected chi connectivity index (χ1v) is 9.85. The Bertz CT molecular complexity index is 674. The van der Waals surface area contributed by atoms with Gasteiger partial charge in [0.1, 0.15) is 5.60 Å². The first-order chi connectivity index (χ1) is 12.8. The van der Waals surface area contributed by atoms with Crippen LogP contribution in [0.25, 0.3) is 0 Å². The number of carbonyl (C=O) groups is 1. The van der Waals surface area contributed by atoms with Gasteiger partial charge in [-0.25, -0.2) is 4.79 Å². The summed E-state index contributed by atoms with van der Waals surface area (Å²) in [7, 11) is 0. The minimum atomic E-state index is -4.35. The van der Waals surface area contributed by atoms with Crippen LogP contribution in [-0.2, 0) is 10.9 Å². The molecule has 1 aliphatic rings. The number of halogens is 4. The molecule has 3 atom stereocenters. The topological polar surface area (TPSA) is 32.8 Å². The molecule has 0 aromatic heterocycles. The third-order valence-corrected chi connectivity index (χ3v) is 5.26. The van der Waals surface area contributed by atoms with Crippen LogP contribution in [0.5, 0.6) is 0 Å². The molecular weight excluding hydrogens is 393 g/mol. The Morgan fingerprint density at radius 2 is 1.79 bits per heavy atom. The molecule has 1 saturated heterocycles. The van der Waals surface area contributed by atoms with Crippen LogP contribution in [0.1, 0.15) is 51.8 Å². The Kier molecular flexibility index (Phi) is 6.92. The second kappa shape index (κ2) is 8.49. The molecule has 0 aliphatic carbocycles. The maximum atomic E-state index is 12.8. The molecule has 1 heterocycles. The van der Waals surface area contributed by atoms with E-state index in [1.54, 1.807) is 4.90 Å². The zero-order valence-electron chi connectivity index (χ0n) is 16.9. The van der Waals surface area contributed by atoms with Crippen molar-refractivity contribution in [3.05, 3.63) is 35.4 Å². The normalized spacial score (nSPS) is 22.8. The molecule has 1 amide bonds. The van der Waals surface area contributed by atoms with Gasteiger partial charge in [-0.2, -0.15) is 13.2 Å². The minimum absolute atomic E-state index is 0.105. The number of piperazine rings is 1. The van der Waals surface area contributed by atoms with Gasteiger partial charge in [-0.3, -0.25) is 4.90 Å². The number of ether oxygens (including phenoxy) is 1. The first-order valence-electron chi connectivity index (χ1n) is 9.32. The number of nitrogens with zero attached hydrogens (tertiary/aromatic N) is 2. The van der Waals surface area contributed by atoms with E-state index in [0.717, 1.165) is 17.7 Å².